The van der Waals surface area contributed by atoms with Gasteiger partial charge in [0.05, 0.1) is 6.07 Å². The first-order valence-electron chi connectivity index (χ1n) is 5.08. The Balaban J connectivity index is 3.16. The summed E-state index contributed by atoms with van der Waals surface area (Å²) >= 11 is 0. The zero-order valence-electron chi connectivity index (χ0n) is 9.14. The number of hydrogen-bond donors (Lipinski definition) is 1. The Bertz CT molecular complexity index is 521. The van der Waals surface area contributed by atoms with Crippen molar-refractivity contribution in [2.24, 2.45) is 0 Å². The van der Waals surface area contributed by atoms with Gasteiger partial charge in [0.15, 0.2) is 0 Å². The van der Waals surface area contributed by atoms with E-state index in [0.29, 0.717) is 19.4 Å². The maximum absolute atomic E-state index is 11.8. The molecule has 0 aliphatic carbocycles. The fourth-order valence-corrected chi connectivity index (χ4v) is 1.42. The van der Waals surface area contributed by atoms with E-state index in [4.69, 9.17) is 11.0 Å². The standard InChI is InChI=1S/C10H14N4O2/c1-2-13-7-8(12)9(15)14(10(13)16)6-4-3-5-11/h7H,2-4,6,12H2,1H3. The van der Waals surface area contributed by atoms with Crippen LogP contribution < -0.4 is 17.0 Å². The van der Waals surface area contributed by atoms with Crippen LogP contribution in [0.2, 0.25) is 0 Å². The van der Waals surface area contributed by atoms with Crippen LogP contribution in [0.4, 0.5) is 5.69 Å². The molecule has 0 saturated heterocycles. The lowest BCUT2D eigenvalue weighted by molar-refractivity contribution is 0.551. The molecule has 1 rings (SSSR count). The molecule has 1 aromatic rings. The van der Waals surface area contributed by atoms with Crippen molar-refractivity contribution in [1.82, 2.24) is 9.13 Å². The zero-order chi connectivity index (χ0) is 12.1. The molecule has 86 valence electrons. The van der Waals surface area contributed by atoms with Gasteiger partial charge in [-0.2, -0.15) is 5.26 Å². The lowest BCUT2D eigenvalue weighted by Gasteiger charge is -2.08. The molecule has 0 aliphatic heterocycles. The summed E-state index contributed by atoms with van der Waals surface area (Å²) in [6.07, 6.45) is 2.14. The predicted molar refractivity (Wildman–Crippen MR) is 59.9 cm³/mol. The zero-order valence-corrected chi connectivity index (χ0v) is 9.14. The molecular formula is C10H14N4O2. The highest BCUT2D eigenvalue weighted by Crippen LogP contribution is 1.93. The van der Waals surface area contributed by atoms with Gasteiger partial charge in [0, 0.05) is 25.7 Å². The number of hydrogen-bond acceptors (Lipinski definition) is 4. The van der Waals surface area contributed by atoms with Crippen molar-refractivity contribution in [1.29, 1.82) is 5.26 Å². The average molecular weight is 222 g/mol. The van der Waals surface area contributed by atoms with Gasteiger partial charge in [-0.25, -0.2) is 4.79 Å². The lowest BCUT2D eigenvalue weighted by Crippen LogP contribution is -2.40. The molecule has 0 unspecified atom stereocenters. The van der Waals surface area contributed by atoms with E-state index in [0.717, 1.165) is 4.57 Å². The van der Waals surface area contributed by atoms with Gasteiger partial charge >= 0.3 is 5.69 Å². The fraction of sp³-hybridized carbons (Fsp3) is 0.500. The molecule has 16 heavy (non-hydrogen) atoms. The first kappa shape index (κ1) is 12.0. The molecule has 0 aliphatic rings. The summed E-state index contributed by atoms with van der Waals surface area (Å²) in [5.74, 6) is 0. The van der Waals surface area contributed by atoms with Crippen molar-refractivity contribution in [3.63, 3.8) is 0 Å². The summed E-state index contributed by atoms with van der Waals surface area (Å²) in [5, 5.41) is 8.39. The summed E-state index contributed by atoms with van der Waals surface area (Å²) < 4.78 is 2.46. The largest absolute Gasteiger partial charge is 0.393 e. The number of aromatic nitrogens is 2. The van der Waals surface area contributed by atoms with Crippen LogP contribution >= 0.6 is 0 Å². The van der Waals surface area contributed by atoms with Crippen molar-refractivity contribution in [3.8, 4) is 6.07 Å². The maximum Gasteiger partial charge on any atom is 0.331 e. The fourth-order valence-electron chi connectivity index (χ4n) is 1.42. The van der Waals surface area contributed by atoms with Crippen LogP contribution in [-0.4, -0.2) is 9.13 Å². The Morgan fingerprint density at radius 1 is 1.50 bits per heavy atom. The van der Waals surface area contributed by atoms with Gasteiger partial charge in [0.1, 0.15) is 5.69 Å². The highest BCUT2D eigenvalue weighted by atomic mass is 16.2. The van der Waals surface area contributed by atoms with Crippen molar-refractivity contribution < 1.29 is 0 Å². The molecule has 0 amide bonds. The SMILES string of the molecule is CCn1cc(N)c(=O)n(CCCC#N)c1=O. The van der Waals surface area contributed by atoms with Crippen LogP contribution in [0.15, 0.2) is 15.8 Å². The number of unbranched alkanes of at least 4 members (excludes halogenated alkanes) is 1. The molecule has 1 aromatic heterocycles. The average Bonchev–Trinajstić information content (AvgIpc) is 2.28. The molecule has 1 heterocycles. The quantitative estimate of drug-likeness (QED) is 0.721. The second kappa shape index (κ2) is 5.16. The third-order valence-corrected chi connectivity index (χ3v) is 2.27. The van der Waals surface area contributed by atoms with Gasteiger partial charge < -0.3 is 5.73 Å². The Morgan fingerprint density at radius 2 is 2.19 bits per heavy atom. The van der Waals surface area contributed by atoms with Crippen LogP contribution in [0.3, 0.4) is 0 Å². The molecule has 0 atom stereocenters. The minimum atomic E-state index is -0.479. The van der Waals surface area contributed by atoms with E-state index in [1.807, 2.05) is 6.07 Å². The van der Waals surface area contributed by atoms with Gasteiger partial charge in [0.25, 0.3) is 5.56 Å². The second-order valence-electron chi connectivity index (χ2n) is 3.37. The predicted octanol–water partition coefficient (Wildman–Crippen LogP) is -0.0841. The van der Waals surface area contributed by atoms with Gasteiger partial charge in [-0.1, -0.05) is 0 Å². The summed E-state index contributed by atoms with van der Waals surface area (Å²) in [5.41, 5.74) is 4.71. The third-order valence-electron chi connectivity index (χ3n) is 2.27. The van der Waals surface area contributed by atoms with Gasteiger partial charge in [0.2, 0.25) is 0 Å². The van der Waals surface area contributed by atoms with E-state index >= 15 is 0 Å². The number of nitriles is 1. The summed E-state index contributed by atoms with van der Waals surface area (Å²) in [7, 11) is 0. The van der Waals surface area contributed by atoms with E-state index in [-0.39, 0.29) is 17.9 Å². The van der Waals surface area contributed by atoms with Crippen molar-refractivity contribution in [2.45, 2.75) is 32.9 Å². The molecule has 0 fully saturated rings. The van der Waals surface area contributed by atoms with E-state index in [2.05, 4.69) is 0 Å². The molecule has 2 N–H and O–H groups in total. The molecule has 0 spiro atoms. The smallest absolute Gasteiger partial charge is 0.331 e. The summed E-state index contributed by atoms with van der Waals surface area (Å²) in [6.45, 7) is 2.49. The van der Waals surface area contributed by atoms with Crippen LogP contribution in [0.5, 0.6) is 0 Å². The van der Waals surface area contributed by atoms with Crippen LogP contribution in [-0.2, 0) is 13.1 Å². The van der Waals surface area contributed by atoms with Crippen molar-refractivity contribution in [2.75, 3.05) is 5.73 Å². The van der Waals surface area contributed by atoms with E-state index in [9.17, 15) is 9.59 Å². The molecular weight excluding hydrogens is 208 g/mol. The van der Waals surface area contributed by atoms with Crippen LogP contribution in [0.1, 0.15) is 19.8 Å². The van der Waals surface area contributed by atoms with Crippen LogP contribution in [0.25, 0.3) is 0 Å². The lowest BCUT2D eigenvalue weighted by atomic mass is 10.3. The van der Waals surface area contributed by atoms with E-state index in [1.54, 1.807) is 6.92 Å². The Kier molecular flexibility index (Phi) is 3.89. The Morgan fingerprint density at radius 3 is 2.75 bits per heavy atom. The molecule has 6 nitrogen and oxygen atoms in total. The molecule has 0 saturated carbocycles. The molecule has 0 bridgehead atoms. The molecule has 0 radical (unpaired) electrons. The first-order valence-corrected chi connectivity index (χ1v) is 5.08. The minimum Gasteiger partial charge on any atom is -0.393 e. The number of rotatable bonds is 4. The highest BCUT2D eigenvalue weighted by Gasteiger charge is 2.07. The van der Waals surface area contributed by atoms with E-state index < -0.39 is 5.56 Å². The number of aryl methyl sites for hydroxylation is 1. The van der Waals surface area contributed by atoms with Gasteiger partial charge in [-0.3, -0.25) is 13.9 Å². The van der Waals surface area contributed by atoms with Gasteiger partial charge in [-0.05, 0) is 13.3 Å². The molecule has 0 aromatic carbocycles. The van der Waals surface area contributed by atoms with Crippen LogP contribution in [0, 0.1) is 11.3 Å². The van der Waals surface area contributed by atoms with Crippen molar-refractivity contribution in [3.05, 3.63) is 27.0 Å². The maximum atomic E-state index is 11.8. The van der Waals surface area contributed by atoms with Crippen molar-refractivity contribution >= 4 is 5.69 Å². The molecule has 6 heteroatoms. The number of nitrogen functional groups attached to an aromatic ring is 1. The number of anilines is 1. The Labute approximate surface area is 92.5 Å². The monoisotopic (exact) mass is 222 g/mol. The topological polar surface area (TPSA) is 93.8 Å². The third kappa shape index (κ3) is 2.31. The number of nitrogens with zero attached hydrogens (tertiary/aromatic N) is 3. The van der Waals surface area contributed by atoms with Gasteiger partial charge in [-0.15, -0.1) is 0 Å². The normalized spacial score (nSPS) is 10.0. The van der Waals surface area contributed by atoms with E-state index in [1.165, 1.54) is 10.8 Å². The number of nitrogens with two attached hydrogens (primary N) is 1. The summed E-state index contributed by atoms with van der Waals surface area (Å²) in [6, 6.07) is 1.96. The highest BCUT2D eigenvalue weighted by molar-refractivity contribution is 5.30. The Hall–Kier alpha value is -2.03. The first-order chi connectivity index (χ1) is 7.61. The second-order valence-corrected chi connectivity index (χ2v) is 3.37. The summed E-state index contributed by atoms with van der Waals surface area (Å²) in [4.78, 5) is 23.3. The minimum absolute atomic E-state index is 0.0541.